The first-order chi connectivity index (χ1) is 10.6. The predicted octanol–water partition coefficient (Wildman–Crippen LogP) is 3.87. The van der Waals surface area contributed by atoms with Gasteiger partial charge in [-0.3, -0.25) is 4.79 Å². The fourth-order valence-corrected chi connectivity index (χ4v) is 2.53. The van der Waals surface area contributed by atoms with Crippen LogP contribution in [-0.4, -0.2) is 23.3 Å². The van der Waals surface area contributed by atoms with Crippen LogP contribution in [0.5, 0.6) is 0 Å². The van der Waals surface area contributed by atoms with Crippen molar-refractivity contribution in [1.29, 1.82) is 0 Å². The number of Topliss-reactive ketones (excluding diaryl/α,β-unsaturated/α-hetero) is 1. The Hall–Kier alpha value is -2.34. The molecule has 0 bridgehead atoms. The Morgan fingerprint density at radius 2 is 2.14 bits per heavy atom. The van der Waals surface area contributed by atoms with Gasteiger partial charge < -0.3 is 14.1 Å². The third-order valence-corrected chi connectivity index (χ3v) is 3.81. The maximum atomic E-state index is 12.1. The topological polar surface area (TPSA) is 72.3 Å². The fraction of sp³-hybridized carbons (Fsp3) is 0.125. The van der Waals surface area contributed by atoms with Crippen LogP contribution in [0.2, 0.25) is 0 Å². The van der Waals surface area contributed by atoms with Crippen molar-refractivity contribution in [2.24, 2.45) is 0 Å². The molecule has 3 rings (SSSR count). The van der Waals surface area contributed by atoms with Gasteiger partial charge in [0.15, 0.2) is 6.61 Å². The second kappa shape index (κ2) is 5.81. The summed E-state index contributed by atoms with van der Waals surface area (Å²) in [6.07, 6.45) is 1.64. The molecule has 6 heteroatoms. The standard InChI is InChI=1S/C16H12BrNO4/c1-9-11-7-10(17)4-5-14(11)22-15(9)16(20)21-8-13(19)12-3-2-6-18-12/h2-7,18H,8H2,1H3. The lowest BCUT2D eigenvalue weighted by atomic mass is 10.1. The second-order valence-electron chi connectivity index (χ2n) is 4.78. The van der Waals surface area contributed by atoms with Gasteiger partial charge in [0.1, 0.15) is 5.58 Å². The minimum Gasteiger partial charge on any atom is -0.451 e. The first kappa shape index (κ1) is 14.6. The van der Waals surface area contributed by atoms with Gasteiger partial charge in [0, 0.05) is 21.6 Å². The van der Waals surface area contributed by atoms with Crippen molar-refractivity contribution in [3.05, 3.63) is 58.0 Å². The third-order valence-electron chi connectivity index (χ3n) is 3.32. The zero-order valence-corrected chi connectivity index (χ0v) is 13.3. The van der Waals surface area contributed by atoms with Crippen LogP contribution in [0.3, 0.4) is 0 Å². The highest BCUT2D eigenvalue weighted by molar-refractivity contribution is 9.10. The Bertz CT molecular complexity index is 849. The SMILES string of the molecule is Cc1c(C(=O)OCC(=O)c2ccc[nH]2)oc2ccc(Br)cc12. The Kier molecular flexibility index (Phi) is 3.85. The summed E-state index contributed by atoms with van der Waals surface area (Å²) in [4.78, 5) is 26.7. The lowest BCUT2D eigenvalue weighted by Gasteiger charge is -2.01. The summed E-state index contributed by atoms with van der Waals surface area (Å²) in [5.74, 6) is -0.827. The quantitative estimate of drug-likeness (QED) is 0.565. The first-order valence-electron chi connectivity index (χ1n) is 6.58. The van der Waals surface area contributed by atoms with Gasteiger partial charge in [0.25, 0.3) is 0 Å². The number of benzene rings is 1. The lowest BCUT2D eigenvalue weighted by molar-refractivity contribution is 0.0444. The second-order valence-corrected chi connectivity index (χ2v) is 5.70. The van der Waals surface area contributed by atoms with E-state index in [4.69, 9.17) is 9.15 Å². The molecule has 1 aromatic carbocycles. The summed E-state index contributed by atoms with van der Waals surface area (Å²) in [6.45, 7) is 1.45. The van der Waals surface area contributed by atoms with E-state index in [1.807, 2.05) is 12.1 Å². The summed E-state index contributed by atoms with van der Waals surface area (Å²) in [6, 6.07) is 8.80. The number of ketones is 1. The molecule has 0 radical (unpaired) electrons. The van der Waals surface area contributed by atoms with E-state index in [0.717, 1.165) is 9.86 Å². The molecule has 0 atom stereocenters. The molecule has 22 heavy (non-hydrogen) atoms. The van der Waals surface area contributed by atoms with Crippen molar-refractivity contribution in [3.63, 3.8) is 0 Å². The number of rotatable bonds is 4. The molecule has 0 saturated heterocycles. The van der Waals surface area contributed by atoms with Crippen LogP contribution in [-0.2, 0) is 4.74 Å². The van der Waals surface area contributed by atoms with Crippen molar-refractivity contribution in [2.75, 3.05) is 6.61 Å². The first-order valence-corrected chi connectivity index (χ1v) is 7.38. The largest absolute Gasteiger partial charge is 0.451 e. The van der Waals surface area contributed by atoms with Crippen LogP contribution >= 0.6 is 15.9 Å². The summed E-state index contributed by atoms with van der Waals surface area (Å²) < 4.78 is 11.5. The van der Waals surface area contributed by atoms with Crippen molar-refractivity contribution in [2.45, 2.75) is 6.92 Å². The van der Waals surface area contributed by atoms with E-state index in [1.54, 1.807) is 31.3 Å². The Labute approximate surface area is 134 Å². The van der Waals surface area contributed by atoms with Crippen LogP contribution in [0.1, 0.15) is 26.6 Å². The highest BCUT2D eigenvalue weighted by atomic mass is 79.9. The molecule has 0 fully saturated rings. The molecule has 2 heterocycles. The van der Waals surface area contributed by atoms with E-state index in [9.17, 15) is 9.59 Å². The molecule has 0 spiro atoms. The summed E-state index contributed by atoms with van der Waals surface area (Å²) in [7, 11) is 0. The van der Waals surface area contributed by atoms with E-state index in [-0.39, 0.29) is 18.2 Å². The van der Waals surface area contributed by atoms with Crippen molar-refractivity contribution < 1.29 is 18.7 Å². The number of aromatic nitrogens is 1. The van der Waals surface area contributed by atoms with Crippen molar-refractivity contribution in [3.8, 4) is 0 Å². The molecule has 0 unspecified atom stereocenters. The van der Waals surface area contributed by atoms with Gasteiger partial charge in [-0.2, -0.15) is 0 Å². The number of halogens is 1. The lowest BCUT2D eigenvalue weighted by Crippen LogP contribution is -2.14. The molecule has 3 aromatic rings. The number of aryl methyl sites for hydroxylation is 1. The molecule has 1 N–H and O–H groups in total. The molecule has 0 aliphatic rings. The summed E-state index contributed by atoms with van der Waals surface area (Å²) in [5.41, 5.74) is 1.69. The minimum absolute atomic E-state index is 0.118. The Morgan fingerprint density at radius 1 is 1.32 bits per heavy atom. The van der Waals surface area contributed by atoms with Crippen LogP contribution in [0.15, 0.2) is 45.4 Å². The zero-order valence-electron chi connectivity index (χ0n) is 11.7. The summed E-state index contributed by atoms with van der Waals surface area (Å²) >= 11 is 3.38. The van der Waals surface area contributed by atoms with Gasteiger partial charge in [-0.1, -0.05) is 15.9 Å². The van der Waals surface area contributed by atoms with Gasteiger partial charge in [0.2, 0.25) is 11.5 Å². The number of esters is 1. The van der Waals surface area contributed by atoms with Crippen molar-refractivity contribution >= 4 is 38.7 Å². The average Bonchev–Trinajstić information content (AvgIpc) is 3.14. The van der Waals surface area contributed by atoms with Crippen LogP contribution in [0.4, 0.5) is 0 Å². The Morgan fingerprint density at radius 3 is 2.86 bits per heavy atom. The number of fused-ring (bicyclic) bond motifs is 1. The van der Waals surface area contributed by atoms with E-state index in [0.29, 0.717) is 16.8 Å². The molecule has 0 amide bonds. The van der Waals surface area contributed by atoms with Gasteiger partial charge in [-0.15, -0.1) is 0 Å². The van der Waals surface area contributed by atoms with Gasteiger partial charge >= 0.3 is 5.97 Å². The minimum atomic E-state index is -0.648. The van der Waals surface area contributed by atoms with E-state index < -0.39 is 5.97 Å². The zero-order chi connectivity index (χ0) is 15.7. The molecule has 0 aliphatic heterocycles. The monoisotopic (exact) mass is 361 g/mol. The number of H-pyrrole nitrogens is 1. The maximum Gasteiger partial charge on any atom is 0.375 e. The van der Waals surface area contributed by atoms with Crippen molar-refractivity contribution in [1.82, 2.24) is 4.98 Å². The molecule has 2 aromatic heterocycles. The smallest absolute Gasteiger partial charge is 0.375 e. The number of furan rings is 1. The highest BCUT2D eigenvalue weighted by Gasteiger charge is 2.20. The third kappa shape index (κ3) is 2.69. The van der Waals surface area contributed by atoms with Gasteiger partial charge in [-0.05, 0) is 37.3 Å². The van der Waals surface area contributed by atoms with Crippen LogP contribution in [0.25, 0.3) is 11.0 Å². The van der Waals surface area contributed by atoms with E-state index in [1.165, 1.54) is 0 Å². The summed E-state index contributed by atoms with van der Waals surface area (Å²) in [5, 5.41) is 0.831. The number of carbonyl (C=O) groups excluding carboxylic acids is 2. The number of nitrogens with one attached hydrogen (secondary N) is 1. The number of carbonyl (C=O) groups is 2. The normalized spacial score (nSPS) is 10.8. The van der Waals surface area contributed by atoms with Gasteiger partial charge in [0.05, 0.1) is 5.69 Å². The highest BCUT2D eigenvalue weighted by Crippen LogP contribution is 2.28. The fourth-order valence-electron chi connectivity index (χ4n) is 2.17. The molecular weight excluding hydrogens is 350 g/mol. The number of aromatic amines is 1. The molecular formula is C16H12BrNO4. The number of hydrogen-bond acceptors (Lipinski definition) is 4. The van der Waals surface area contributed by atoms with Crippen LogP contribution < -0.4 is 0 Å². The number of ether oxygens (including phenoxy) is 1. The molecule has 0 saturated carbocycles. The number of hydrogen-bond donors (Lipinski definition) is 1. The van der Waals surface area contributed by atoms with Gasteiger partial charge in [-0.25, -0.2) is 4.79 Å². The average molecular weight is 362 g/mol. The predicted molar refractivity (Wildman–Crippen MR) is 84.1 cm³/mol. The molecule has 112 valence electrons. The molecule has 0 aliphatic carbocycles. The maximum absolute atomic E-state index is 12.1. The van der Waals surface area contributed by atoms with E-state index >= 15 is 0 Å². The van der Waals surface area contributed by atoms with E-state index in [2.05, 4.69) is 20.9 Å². The van der Waals surface area contributed by atoms with Crippen LogP contribution in [0, 0.1) is 6.92 Å². The molecule has 5 nitrogen and oxygen atoms in total. The Balaban J connectivity index is 1.78.